The van der Waals surface area contributed by atoms with Gasteiger partial charge in [-0.3, -0.25) is 14.4 Å². The molecule has 5 heteroatoms. The van der Waals surface area contributed by atoms with Crippen LogP contribution in [0.25, 0.3) is 0 Å². The number of halogens is 1. The molecule has 4 nitrogen and oxygen atoms in total. The lowest BCUT2D eigenvalue weighted by molar-refractivity contribution is -0.128. The fraction of sp³-hybridized carbons (Fsp3) is 0.800. The highest BCUT2D eigenvalue weighted by Gasteiger charge is 2.21. The van der Waals surface area contributed by atoms with E-state index >= 15 is 0 Å². The number of carbonyl (C=O) groups is 3. The quantitative estimate of drug-likeness (QED) is 0.774. The highest BCUT2D eigenvalue weighted by atomic mass is 79.9. The van der Waals surface area contributed by atoms with Crippen LogP contribution >= 0.6 is 15.9 Å². The number of nitrogens with two attached hydrogens (primary N) is 1. The van der Waals surface area contributed by atoms with Crippen LogP contribution in [0.4, 0.5) is 0 Å². The van der Waals surface area contributed by atoms with Crippen LogP contribution < -0.4 is 5.73 Å². The van der Waals surface area contributed by atoms with Gasteiger partial charge in [0.1, 0.15) is 11.6 Å². The van der Waals surface area contributed by atoms with E-state index in [0.29, 0.717) is 18.2 Å². The Hall–Kier alpha value is -0.550. The predicted molar refractivity (Wildman–Crippen MR) is 86.0 cm³/mol. The Labute approximate surface area is 131 Å². The molecule has 20 heavy (non-hydrogen) atoms. The Kier molecular flexibility index (Phi) is 10.2. The summed E-state index contributed by atoms with van der Waals surface area (Å²) >= 11 is 3.05. The van der Waals surface area contributed by atoms with Crippen LogP contribution in [0.3, 0.4) is 0 Å². The summed E-state index contributed by atoms with van der Waals surface area (Å²) in [6, 6.07) is 0. The zero-order valence-corrected chi connectivity index (χ0v) is 15.1. The van der Waals surface area contributed by atoms with E-state index in [-0.39, 0.29) is 34.7 Å². The molecule has 118 valence electrons. The second-order valence-electron chi connectivity index (χ2n) is 6.72. The van der Waals surface area contributed by atoms with Gasteiger partial charge in [0.05, 0.1) is 11.9 Å². The topological polar surface area (TPSA) is 77.2 Å². The maximum Gasteiger partial charge on any atom is 0.151 e. The Morgan fingerprint density at radius 2 is 1.25 bits per heavy atom. The fourth-order valence-electron chi connectivity index (χ4n) is 1.00. The fourth-order valence-corrected chi connectivity index (χ4v) is 1.28. The molecule has 0 amide bonds. The van der Waals surface area contributed by atoms with Crippen molar-refractivity contribution in [3.8, 4) is 0 Å². The number of hydrogen-bond donors (Lipinski definition) is 1. The lowest BCUT2D eigenvalue weighted by Gasteiger charge is -2.15. The second-order valence-corrected chi connectivity index (χ2v) is 7.28. The predicted octanol–water partition coefficient (Wildman–Crippen LogP) is 2.91. The SMILES string of the molecule is CC(C)(C)C(=O)CCC(=O)CBr.CC(C)(C)C(=O)CN. The van der Waals surface area contributed by atoms with Crippen molar-refractivity contribution in [2.24, 2.45) is 16.6 Å². The van der Waals surface area contributed by atoms with E-state index in [4.69, 9.17) is 5.73 Å². The summed E-state index contributed by atoms with van der Waals surface area (Å²) in [7, 11) is 0. The highest BCUT2D eigenvalue weighted by Crippen LogP contribution is 2.17. The number of ketones is 3. The van der Waals surface area contributed by atoms with Crippen molar-refractivity contribution < 1.29 is 14.4 Å². The third kappa shape index (κ3) is 11.3. The second kappa shape index (κ2) is 9.40. The van der Waals surface area contributed by atoms with Gasteiger partial charge in [-0.2, -0.15) is 0 Å². The van der Waals surface area contributed by atoms with E-state index < -0.39 is 0 Å². The van der Waals surface area contributed by atoms with Gasteiger partial charge in [-0.05, 0) is 0 Å². The summed E-state index contributed by atoms with van der Waals surface area (Å²) in [4.78, 5) is 32.9. The summed E-state index contributed by atoms with van der Waals surface area (Å²) in [5.41, 5.74) is 4.54. The average molecular weight is 350 g/mol. The normalized spacial score (nSPS) is 11.4. The largest absolute Gasteiger partial charge is 0.324 e. The van der Waals surface area contributed by atoms with Gasteiger partial charge in [0.2, 0.25) is 0 Å². The molecule has 0 saturated carbocycles. The Morgan fingerprint density at radius 1 is 0.850 bits per heavy atom. The molecule has 0 aliphatic carbocycles. The van der Waals surface area contributed by atoms with E-state index in [1.807, 2.05) is 41.5 Å². The number of hydrogen-bond acceptors (Lipinski definition) is 4. The number of rotatable bonds is 5. The molecule has 0 aliphatic heterocycles. The summed E-state index contributed by atoms with van der Waals surface area (Å²) in [5, 5.41) is 0.352. The Morgan fingerprint density at radius 3 is 1.45 bits per heavy atom. The van der Waals surface area contributed by atoms with Gasteiger partial charge >= 0.3 is 0 Å². The van der Waals surface area contributed by atoms with Crippen molar-refractivity contribution in [3.63, 3.8) is 0 Å². The zero-order valence-electron chi connectivity index (χ0n) is 13.5. The molecule has 0 rings (SSSR count). The Bertz CT molecular complexity index is 338. The number of carbonyl (C=O) groups excluding carboxylic acids is 3. The first-order valence-corrected chi connectivity index (χ1v) is 7.82. The maximum absolute atomic E-state index is 11.3. The summed E-state index contributed by atoms with van der Waals surface area (Å²) in [5.74, 6) is 0.349. The molecule has 0 aromatic rings. The van der Waals surface area contributed by atoms with Gasteiger partial charge in [-0.25, -0.2) is 0 Å². The van der Waals surface area contributed by atoms with Crippen molar-refractivity contribution in [3.05, 3.63) is 0 Å². The summed E-state index contributed by atoms with van der Waals surface area (Å²) in [6.45, 7) is 11.4. The molecule has 0 unspecified atom stereocenters. The number of Topliss-reactive ketones (excluding diaryl/α,β-unsaturated/α-hetero) is 3. The molecule has 0 aliphatic rings. The molecule has 0 heterocycles. The molecule has 0 fully saturated rings. The van der Waals surface area contributed by atoms with Crippen LogP contribution in [0.2, 0.25) is 0 Å². The van der Waals surface area contributed by atoms with E-state index in [0.717, 1.165) is 0 Å². The maximum atomic E-state index is 11.3. The third-order valence-electron chi connectivity index (χ3n) is 2.64. The molecule has 0 atom stereocenters. The van der Waals surface area contributed by atoms with Crippen LogP contribution in [0, 0.1) is 10.8 Å². The van der Waals surface area contributed by atoms with Crippen molar-refractivity contribution >= 4 is 33.3 Å². The molecule has 2 N–H and O–H groups in total. The van der Waals surface area contributed by atoms with Gasteiger partial charge in [0.25, 0.3) is 0 Å². The first-order valence-electron chi connectivity index (χ1n) is 6.70. The number of alkyl halides is 1. The van der Waals surface area contributed by atoms with Crippen LogP contribution in [0.15, 0.2) is 0 Å². The minimum absolute atomic E-state index is 0.0904. The summed E-state index contributed by atoms with van der Waals surface area (Å²) < 4.78 is 0. The van der Waals surface area contributed by atoms with E-state index in [9.17, 15) is 14.4 Å². The molecule has 0 spiro atoms. The highest BCUT2D eigenvalue weighted by molar-refractivity contribution is 9.09. The van der Waals surface area contributed by atoms with Crippen LogP contribution in [-0.2, 0) is 14.4 Å². The average Bonchev–Trinajstić information content (AvgIpc) is 2.32. The van der Waals surface area contributed by atoms with Crippen molar-refractivity contribution in [2.45, 2.75) is 54.4 Å². The third-order valence-corrected chi connectivity index (χ3v) is 3.26. The molecular weight excluding hydrogens is 322 g/mol. The molecular formula is C15H28BrNO3. The van der Waals surface area contributed by atoms with Crippen molar-refractivity contribution in [1.29, 1.82) is 0 Å². The van der Waals surface area contributed by atoms with Gasteiger partial charge in [0, 0.05) is 23.7 Å². The first kappa shape index (κ1) is 21.7. The van der Waals surface area contributed by atoms with Crippen molar-refractivity contribution in [1.82, 2.24) is 0 Å². The lowest BCUT2D eigenvalue weighted by atomic mass is 9.88. The minimum atomic E-state index is -0.313. The Balaban J connectivity index is 0. The zero-order chi connectivity index (χ0) is 16.6. The minimum Gasteiger partial charge on any atom is -0.324 e. The monoisotopic (exact) mass is 349 g/mol. The first-order chi connectivity index (χ1) is 8.86. The molecule has 0 saturated heterocycles. The van der Waals surface area contributed by atoms with E-state index in [1.165, 1.54) is 0 Å². The standard InChI is InChI=1S/C9H15BrO2.C6H13NO/c1-9(2,3)8(12)5-4-7(11)6-10;1-6(2,3)5(8)4-7/h4-6H2,1-3H3;4,7H2,1-3H3. The van der Waals surface area contributed by atoms with E-state index in [1.54, 1.807) is 0 Å². The van der Waals surface area contributed by atoms with E-state index in [2.05, 4.69) is 15.9 Å². The molecule has 0 aromatic carbocycles. The van der Waals surface area contributed by atoms with Gasteiger partial charge < -0.3 is 5.73 Å². The lowest BCUT2D eigenvalue weighted by Crippen LogP contribution is -2.27. The van der Waals surface area contributed by atoms with Crippen LogP contribution in [-0.4, -0.2) is 29.2 Å². The smallest absolute Gasteiger partial charge is 0.151 e. The molecule has 0 aromatic heterocycles. The molecule has 0 bridgehead atoms. The van der Waals surface area contributed by atoms with Gasteiger partial charge in [0.15, 0.2) is 5.78 Å². The summed E-state index contributed by atoms with van der Waals surface area (Å²) in [6.07, 6.45) is 0.731. The van der Waals surface area contributed by atoms with Crippen molar-refractivity contribution in [2.75, 3.05) is 11.9 Å². The van der Waals surface area contributed by atoms with Crippen LogP contribution in [0.5, 0.6) is 0 Å². The molecule has 0 radical (unpaired) electrons. The van der Waals surface area contributed by atoms with Gasteiger partial charge in [-0.15, -0.1) is 0 Å². The van der Waals surface area contributed by atoms with Gasteiger partial charge in [-0.1, -0.05) is 57.5 Å². The van der Waals surface area contributed by atoms with Crippen LogP contribution in [0.1, 0.15) is 54.4 Å².